The van der Waals surface area contributed by atoms with E-state index in [0.29, 0.717) is 10.6 Å². The average Bonchev–Trinajstić information content (AvgIpc) is 2.67. The van der Waals surface area contributed by atoms with Crippen molar-refractivity contribution in [2.45, 2.75) is 38.9 Å². The van der Waals surface area contributed by atoms with Gasteiger partial charge in [-0.05, 0) is 38.5 Å². The summed E-state index contributed by atoms with van der Waals surface area (Å²) in [6, 6.07) is 3.66. The molecule has 0 spiro atoms. The van der Waals surface area contributed by atoms with Crippen LogP contribution in [0.5, 0.6) is 0 Å². The first kappa shape index (κ1) is 14.1. The number of nitrogens with one attached hydrogen (secondary N) is 1. The molecule has 1 heterocycles. The number of fused-ring (bicyclic) bond motifs is 1. The lowest BCUT2D eigenvalue weighted by Gasteiger charge is -2.23. The highest BCUT2D eigenvalue weighted by Gasteiger charge is 2.30. The van der Waals surface area contributed by atoms with Gasteiger partial charge in [0, 0.05) is 5.54 Å². The SMILES string of the molecule is CCC(C)(C)Nc1nc2cc(C(F)(F)F)ccc2s1. The minimum Gasteiger partial charge on any atom is -0.357 e. The fourth-order valence-electron chi connectivity index (χ4n) is 1.54. The van der Waals surface area contributed by atoms with Gasteiger partial charge in [0.15, 0.2) is 5.13 Å². The van der Waals surface area contributed by atoms with E-state index in [2.05, 4.69) is 10.3 Å². The number of hydrogen-bond donors (Lipinski definition) is 1. The van der Waals surface area contributed by atoms with Crippen LogP contribution in [0.25, 0.3) is 10.2 Å². The Balaban J connectivity index is 2.36. The van der Waals surface area contributed by atoms with Crippen molar-refractivity contribution in [3.8, 4) is 0 Å². The minimum absolute atomic E-state index is 0.124. The van der Waals surface area contributed by atoms with Gasteiger partial charge in [0.2, 0.25) is 0 Å². The molecule has 0 saturated heterocycles. The van der Waals surface area contributed by atoms with Crippen LogP contribution in [-0.2, 0) is 6.18 Å². The van der Waals surface area contributed by atoms with E-state index < -0.39 is 11.7 Å². The van der Waals surface area contributed by atoms with Crippen LogP contribution in [0.4, 0.5) is 18.3 Å². The van der Waals surface area contributed by atoms with Crippen LogP contribution in [0, 0.1) is 0 Å². The van der Waals surface area contributed by atoms with E-state index in [1.54, 1.807) is 0 Å². The highest BCUT2D eigenvalue weighted by molar-refractivity contribution is 7.22. The van der Waals surface area contributed by atoms with Gasteiger partial charge in [-0.15, -0.1) is 0 Å². The molecule has 0 unspecified atom stereocenters. The van der Waals surface area contributed by atoms with E-state index >= 15 is 0 Å². The lowest BCUT2D eigenvalue weighted by atomic mass is 10.0. The second kappa shape index (κ2) is 4.67. The quantitative estimate of drug-likeness (QED) is 0.867. The zero-order chi connectivity index (χ0) is 14.3. The Morgan fingerprint density at radius 1 is 1.26 bits per heavy atom. The van der Waals surface area contributed by atoms with Gasteiger partial charge in [-0.25, -0.2) is 4.98 Å². The number of hydrogen-bond acceptors (Lipinski definition) is 3. The largest absolute Gasteiger partial charge is 0.416 e. The Kier molecular flexibility index (Phi) is 3.47. The van der Waals surface area contributed by atoms with Gasteiger partial charge in [0.1, 0.15) is 0 Å². The smallest absolute Gasteiger partial charge is 0.357 e. The molecular weight excluding hydrogens is 273 g/mol. The summed E-state index contributed by atoms with van der Waals surface area (Å²) in [5.74, 6) is 0. The van der Waals surface area contributed by atoms with Crippen molar-refractivity contribution in [2.75, 3.05) is 5.32 Å². The van der Waals surface area contributed by atoms with Crippen LogP contribution < -0.4 is 5.32 Å². The van der Waals surface area contributed by atoms with E-state index in [4.69, 9.17) is 0 Å². The fraction of sp³-hybridized carbons (Fsp3) is 0.462. The maximum absolute atomic E-state index is 12.6. The molecule has 0 aliphatic carbocycles. The third kappa shape index (κ3) is 3.18. The zero-order valence-electron chi connectivity index (χ0n) is 10.9. The summed E-state index contributed by atoms with van der Waals surface area (Å²) in [4.78, 5) is 4.23. The van der Waals surface area contributed by atoms with E-state index in [-0.39, 0.29) is 5.54 Å². The van der Waals surface area contributed by atoms with Gasteiger partial charge in [-0.1, -0.05) is 18.3 Å². The molecule has 0 fully saturated rings. The lowest BCUT2D eigenvalue weighted by Crippen LogP contribution is -2.29. The fourth-order valence-corrected chi connectivity index (χ4v) is 2.56. The van der Waals surface area contributed by atoms with Crippen molar-refractivity contribution >= 4 is 26.7 Å². The highest BCUT2D eigenvalue weighted by Crippen LogP contribution is 2.34. The molecule has 19 heavy (non-hydrogen) atoms. The number of halogens is 3. The van der Waals surface area contributed by atoms with Crippen LogP contribution >= 0.6 is 11.3 Å². The van der Waals surface area contributed by atoms with Crippen LogP contribution in [0.1, 0.15) is 32.8 Å². The second-order valence-electron chi connectivity index (χ2n) is 5.06. The first-order valence-corrected chi connectivity index (χ1v) is 6.79. The van der Waals surface area contributed by atoms with Gasteiger partial charge in [-0.3, -0.25) is 0 Å². The van der Waals surface area contributed by atoms with Crippen LogP contribution in [0.15, 0.2) is 18.2 Å². The number of alkyl halides is 3. The van der Waals surface area contributed by atoms with Crippen molar-refractivity contribution < 1.29 is 13.2 Å². The molecule has 2 rings (SSSR count). The highest BCUT2D eigenvalue weighted by atomic mass is 32.1. The third-order valence-electron chi connectivity index (χ3n) is 3.04. The molecule has 2 aromatic rings. The molecule has 0 radical (unpaired) electrons. The van der Waals surface area contributed by atoms with Gasteiger partial charge in [-0.2, -0.15) is 13.2 Å². The van der Waals surface area contributed by atoms with Crippen LogP contribution in [-0.4, -0.2) is 10.5 Å². The van der Waals surface area contributed by atoms with Crippen molar-refractivity contribution in [3.63, 3.8) is 0 Å². The van der Waals surface area contributed by atoms with E-state index in [0.717, 1.165) is 23.3 Å². The van der Waals surface area contributed by atoms with Gasteiger partial charge >= 0.3 is 6.18 Å². The van der Waals surface area contributed by atoms with E-state index in [9.17, 15) is 13.2 Å². The standard InChI is InChI=1S/C13H15F3N2S/c1-4-12(2,3)18-11-17-9-7-8(13(14,15)16)5-6-10(9)19-11/h5-7H,4H2,1-3H3,(H,17,18). The molecule has 0 saturated carbocycles. The number of thiazole rings is 1. The van der Waals surface area contributed by atoms with Crippen LogP contribution in [0.2, 0.25) is 0 Å². The topological polar surface area (TPSA) is 24.9 Å². The van der Waals surface area contributed by atoms with Gasteiger partial charge < -0.3 is 5.32 Å². The molecule has 0 bridgehead atoms. The van der Waals surface area contributed by atoms with E-state index in [1.807, 2.05) is 20.8 Å². The number of anilines is 1. The molecule has 1 aromatic heterocycles. The molecule has 1 aromatic carbocycles. The molecular formula is C13H15F3N2S. The van der Waals surface area contributed by atoms with Crippen molar-refractivity contribution in [3.05, 3.63) is 23.8 Å². The Bertz CT molecular complexity index is 587. The monoisotopic (exact) mass is 288 g/mol. The maximum atomic E-state index is 12.6. The first-order valence-electron chi connectivity index (χ1n) is 5.97. The van der Waals surface area contributed by atoms with Gasteiger partial charge in [0.25, 0.3) is 0 Å². The third-order valence-corrected chi connectivity index (χ3v) is 4.00. The van der Waals surface area contributed by atoms with Crippen molar-refractivity contribution in [1.29, 1.82) is 0 Å². The normalized spacial score (nSPS) is 12.9. The van der Waals surface area contributed by atoms with Crippen molar-refractivity contribution in [2.24, 2.45) is 0 Å². The summed E-state index contributed by atoms with van der Waals surface area (Å²) in [6.45, 7) is 6.10. The average molecular weight is 288 g/mol. The number of aromatic nitrogens is 1. The molecule has 0 amide bonds. The Labute approximate surface area is 113 Å². The number of benzene rings is 1. The summed E-state index contributed by atoms with van der Waals surface area (Å²) >= 11 is 1.37. The van der Waals surface area contributed by atoms with Gasteiger partial charge in [0.05, 0.1) is 15.8 Å². The second-order valence-corrected chi connectivity index (χ2v) is 6.09. The molecule has 2 nitrogen and oxygen atoms in total. The summed E-state index contributed by atoms with van der Waals surface area (Å²) in [6.07, 6.45) is -3.43. The molecule has 104 valence electrons. The first-order chi connectivity index (χ1) is 8.71. The van der Waals surface area contributed by atoms with Crippen molar-refractivity contribution in [1.82, 2.24) is 4.98 Å². The molecule has 0 atom stereocenters. The Morgan fingerprint density at radius 3 is 2.53 bits per heavy atom. The van der Waals surface area contributed by atoms with Crippen LogP contribution in [0.3, 0.4) is 0 Å². The number of nitrogens with zero attached hydrogens (tertiary/aromatic N) is 1. The summed E-state index contributed by atoms with van der Waals surface area (Å²) < 4.78 is 38.6. The maximum Gasteiger partial charge on any atom is 0.416 e. The summed E-state index contributed by atoms with van der Waals surface area (Å²) in [5.41, 5.74) is -0.401. The number of rotatable bonds is 3. The molecule has 1 N–H and O–H groups in total. The summed E-state index contributed by atoms with van der Waals surface area (Å²) in [5, 5.41) is 3.90. The Morgan fingerprint density at radius 2 is 1.95 bits per heavy atom. The minimum atomic E-state index is -4.33. The van der Waals surface area contributed by atoms with E-state index in [1.165, 1.54) is 17.4 Å². The molecule has 6 heteroatoms. The molecule has 0 aliphatic heterocycles. The zero-order valence-corrected chi connectivity index (χ0v) is 11.7. The predicted molar refractivity (Wildman–Crippen MR) is 72.6 cm³/mol. The predicted octanol–water partition coefficient (Wildman–Crippen LogP) is 4.92. The molecule has 0 aliphatic rings. The summed E-state index contributed by atoms with van der Waals surface area (Å²) in [7, 11) is 0. The lowest BCUT2D eigenvalue weighted by molar-refractivity contribution is -0.137. The Hall–Kier alpha value is -1.30.